The van der Waals surface area contributed by atoms with Crippen molar-refractivity contribution in [2.75, 3.05) is 11.6 Å². The average Bonchev–Trinajstić information content (AvgIpc) is 2.77. The second-order valence-corrected chi connectivity index (χ2v) is 4.93. The molecular weight excluding hydrogens is 256 g/mol. The highest BCUT2D eigenvalue weighted by Crippen LogP contribution is 2.27. The van der Waals surface area contributed by atoms with Gasteiger partial charge < -0.3 is 10.4 Å². The summed E-state index contributed by atoms with van der Waals surface area (Å²) in [5.41, 5.74) is 2.44. The van der Waals surface area contributed by atoms with Gasteiger partial charge in [0.05, 0.1) is 5.51 Å². The van der Waals surface area contributed by atoms with E-state index in [2.05, 4.69) is 10.3 Å². The number of thioether (sulfide) groups is 1. The van der Waals surface area contributed by atoms with Crippen LogP contribution in [0.5, 0.6) is 0 Å². The molecule has 0 radical (unpaired) electrons. The molecule has 4 nitrogen and oxygen atoms in total. The zero-order valence-electron chi connectivity index (χ0n) is 9.01. The van der Waals surface area contributed by atoms with Gasteiger partial charge in [0.1, 0.15) is 5.00 Å². The Balaban J connectivity index is 2.25. The van der Waals surface area contributed by atoms with Gasteiger partial charge >= 0.3 is 5.97 Å². The summed E-state index contributed by atoms with van der Waals surface area (Å²) in [6.07, 6.45) is 1.99. The summed E-state index contributed by atoms with van der Waals surface area (Å²) in [6.45, 7) is 0. The van der Waals surface area contributed by atoms with Crippen molar-refractivity contribution < 1.29 is 9.90 Å². The fourth-order valence-corrected chi connectivity index (χ4v) is 2.47. The molecule has 0 aliphatic rings. The lowest BCUT2D eigenvalue weighted by molar-refractivity contribution is 0.0692. The molecule has 2 N–H and O–H groups in total. The van der Waals surface area contributed by atoms with Crippen LogP contribution in [0.3, 0.4) is 0 Å². The van der Waals surface area contributed by atoms with Crippen LogP contribution in [0.1, 0.15) is 10.5 Å². The number of carbonyl (C=O) groups is 1. The monoisotopic (exact) mass is 266 g/mol. The highest BCUT2D eigenvalue weighted by Gasteiger charge is 2.13. The van der Waals surface area contributed by atoms with Crippen molar-refractivity contribution in [1.29, 1.82) is 0 Å². The van der Waals surface area contributed by atoms with E-state index in [1.165, 1.54) is 16.8 Å². The number of rotatable bonds is 4. The van der Waals surface area contributed by atoms with Gasteiger partial charge in [-0.25, -0.2) is 9.78 Å². The zero-order valence-corrected chi connectivity index (χ0v) is 10.6. The van der Waals surface area contributed by atoms with Gasteiger partial charge in [-0.1, -0.05) is 6.07 Å². The Morgan fingerprint density at radius 1 is 1.53 bits per heavy atom. The van der Waals surface area contributed by atoms with Crippen LogP contribution in [0.25, 0.3) is 0 Å². The summed E-state index contributed by atoms with van der Waals surface area (Å²) in [4.78, 5) is 15.8. The van der Waals surface area contributed by atoms with Crippen LogP contribution in [0.4, 0.5) is 10.7 Å². The summed E-state index contributed by atoms with van der Waals surface area (Å²) in [7, 11) is 0. The minimum atomic E-state index is -1.02. The quantitative estimate of drug-likeness (QED) is 0.831. The van der Waals surface area contributed by atoms with Crippen molar-refractivity contribution in [1.82, 2.24) is 4.98 Å². The number of thiazole rings is 1. The van der Waals surface area contributed by atoms with Crippen LogP contribution >= 0.6 is 23.1 Å². The van der Waals surface area contributed by atoms with E-state index in [4.69, 9.17) is 5.11 Å². The lowest BCUT2D eigenvalue weighted by Crippen LogP contribution is -2.00. The Labute approximate surface area is 107 Å². The molecule has 0 aliphatic heterocycles. The van der Waals surface area contributed by atoms with E-state index in [9.17, 15) is 4.79 Å². The van der Waals surface area contributed by atoms with Crippen molar-refractivity contribution in [3.63, 3.8) is 0 Å². The SMILES string of the molecule is CSc1cccc(Nc2scnc2C(=O)O)c1. The first-order valence-corrected chi connectivity index (χ1v) is 6.89. The third-order valence-electron chi connectivity index (χ3n) is 2.10. The number of anilines is 2. The summed E-state index contributed by atoms with van der Waals surface area (Å²) in [5.74, 6) is -1.02. The second kappa shape index (κ2) is 5.20. The highest BCUT2D eigenvalue weighted by atomic mass is 32.2. The average molecular weight is 266 g/mol. The van der Waals surface area contributed by atoms with E-state index < -0.39 is 5.97 Å². The molecule has 6 heteroatoms. The van der Waals surface area contributed by atoms with Gasteiger partial charge in [-0.3, -0.25) is 0 Å². The number of carboxylic acids is 1. The van der Waals surface area contributed by atoms with E-state index in [0.29, 0.717) is 5.00 Å². The van der Waals surface area contributed by atoms with Crippen LogP contribution in [0, 0.1) is 0 Å². The van der Waals surface area contributed by atoms with Gasteiger partial charge in [-0.2, -0.15) is 0 Å². The van der Waals surface area contributed by atoms with E-state index >= 15 is 0 Å². The lowest BCUT2D eigenvalue weighted by Gasteiger charge is -2.05. The summed E-state index contributed by atoms with van der Waals surface area (Å²) in [6, 6.07) is 7.79. The normalized spacial score (nSPS) is 10.2. The molecule has 88 valence electrons. The lowest BCUT2D eigenvalue weighted by atomic mass is 10.3. The molecule has 1 aromatic carbocycles. The Kier molecular flexibility index (Phi) is 3.65. The molecule has 0 amide bonds. The summed E-state index contributed by atoms with van der Waals surface area (Å²) in [5, 5.41) is 12.6. The van der Waals surface area contributed by atoms with Gasteiger partial charge in [-0.15, -0.1) is 23.1 Å². The predicted octanol–water partition coefficient (Wildman–Crippen LogP) is 3.31. The molecule has 0 saturated carbocycles. The van der Waals surface area contributed by atoms with Gasteiger partial charge in [0.2, 0.25) is 0 Å². The second-order valence-electron chi connectivity index (χ2n) is 3.19. The molecule has 0 bridgehead atoms. The third kappa shape index (κ3) is 2.78. The standard InChI is InChI=1S/C11H10N2O2S2/c1-16-8-4-2-3-7(5-8)13-10-9(11(14)15)12-6-17-10/h2-6,13H,1H3,(H,14,15). The van der Waals surface area contributed by atoms with Crippen LogP contribution < -0.4 is 5.32 Å². The number of benzene rings is 1. The number of aromatic carboxylic acids is 1. The number of nitrogens with zero attached hydrogens (tertiary/aromatic N) is 1. The summed E-state index contributed by atoms with van der Waals surface area (Å²) < 4.78 is 0. The number of nitrogens with one attached hydrogen (secondary N) is 1. The molecule has 0 fully saturated rings. The van der Waals surface area contributed by atoms with E-state index in [1.807, 2.05) is 30.5 Å². The number of hydrogen-bond donors (Lipinski definition) is 2. The maximum atomic E-state index is 10.9. The van der Waals surface area contributed by atoms with Gasteiger partial charge in [0.25, 0.3) is 0 Å². The fraction of sp³-hybridized carbons (Fsp3) is 0.0909. The maximum absolute atomic E-state index is 10.9. The topological polar surface area (TPSA) is 62.2 Å². The van der Waals surface area contributed by atoms with Crippen molar-refractivity contribution in [2.45, 2.75) is 4.90 Å². The largest absolute Gasteiger partial charge is 0.476 e. The molecule has 2 aromatic rings. The number of carboxylic acid groups (broad SMARTS) is 1. The first-order valence-electron chi connectivity index (χ1n) is 4.78. The van der Waals surface area contributed by atoms with Crippen molar-refractivity contribution >= 4 is 39.8 Å². The van der Waals surface area contributed by atoms with Crippen LogP contribution in [0.15, 0.2) is 34.7 Å². The minimum absolute atomic E-state index is 0.0598. The van der Waals surface area contributed by atoms with Crippen LogP contribution in [0.2, 0.25) is 0 Å². The van der Waals surface area contributed by atoms with Crippen LogP contribution in [-0.2, 0) is 0 Å². The Hall–Kier alpha value is -1.53. The Morgan fingerprint density at radius 2 is 2.35 bits per heavy atom. The predicted molar refractivity (Wildman–Crippen MR) is 70.6 cm³/mol. The number of aromatic nitrogens is 1. The van der Waals surface area contributed by atoms with E-state index in [1.54, 1.807) is 11.8 Å². The Morgan fingerprint density at radius 3 is 3.06 bits per heavy atom. The first-order chi connectivity index (χ1) is 8.20. The first kappa shape index (κ1) is 11.9. The van der Waals surface area contributed by atoms with E-state index in [-0.39, 0.29) is 5.69 Å². The van der Waals surface area contributed by atoms with Crippen LogP contribution in [-0.4, -0.2) is 22.3 Å². The van der Waals surface area contributed by atoms with Crippen molar-refractivity contribution in [3.05, 3.63) is 35.5 Å². The number of hydrogen-bond acceptors (Lipinski definition) is 5. The molecule has 2 rings (SSSR count). The molecular formula is C11H10N2O2S2. The summed E-state index contributed by atoms with van der Waals surface area (Å²) >= 11 is 2.91. The van der Waals surface area contributed by atoms with Crippen molar-refractivity contribution in [2.24, 2.45) is 0 Å². The molecule has 0 unspecified atom stereocenters. The molecule has 1 aromatic heterocycles. The molecule has 0 spiro atoms. The smallest absolute Gasteiger partial charge is 0.357 e. The van der Waals surface area contributed by atoms with Gasteiger partial charge in [0, 0.05) is 10.6 Å². The van der Waals surface area contributed by atoms with Gasteiger partial charge in [0.15, 0.2) is 5.69 Å². The zero-order chi connectivity index (χ0) is 12.3. The highest BCUT2D eigenvalue weighted by molar-refractivity contribution is 7.98. The fourth-order valence-electron chi connectivity index (χ4n) is 1.32. The maximum Gasteiger partial charge on any atom is 0.357 e. The molecule has 17 heavy (non-hydrogen) atoms. The van der Waals surface area contributed by atoms with Gasteiger partial charge in [-0.05, 0) is 24.5 Å². The molecule has 1 heterocycles. The Bertz CT molecular complexity index is 540. The third-order valence-corrected chi connectivity index (χ3v) is 3.56. The molecule has 0 saturated heterocycles. The molecule has 0 aliphatic carbocycles. The van der Waals surface area contributed by atoms with E-state index in [0.717, 1.165) is 10.6 Å². The van der Waals surface area contributed by atoms with Crippen molar-refractivity contribution in [3.8, 4) is 0 Å². The molecule has 0 atom stereocenters. The minimum Gasteiger partial charge on any atom is -0.476 e.